The lowest BCUT2D eigenvalue weighted by Gasteiger charge is -2.39. The van der Waals surface area contributed by atoms with Gasteiger partial charge < -0.3 is 10.1 Å². The van der Waals surface area contributed by atoms with Gasteiger partial charge in [0.1, 0.15) is 5.75 Å². The maximum Gasteiger partial charge on any atom is 0.122 e. The molecule has 1 unspecified atom stereocenters. The number of ether oxygens (including phenoxy) is 1. The fourth-order valence-corrected chi connectivity index (χ4v) is 3.45. The number of hydrogen-bond acceptors (Lipinski definition) is 2. The van der Waals surface area contributed by atoms with Crippen LogP contribution < -0.4 is 10.1 Å². The Morgan fingerprint density at radius 3 is 2.65 bits per heavy atom. The van der Waals surface area contributed by atoms with Crippen LogP contribution in [0.4, 0.5) is 0 Å². The Bertz CT molecular complexity index is 435. The summed E-state index contributed by atoms with van der Waals surface area (Å²) in [6.07, 6.45) is 8.13. The first-order chi connectivity index (χ1) is 9.80. The zero-order valence-corrected chi connectivity index (χ0v) is 12.8. The predicted molar refractivity (Wildman–Crippen MR) is 83.3 cm³/mol. The highest BCUT2D eigenvalue weighted by Crippen LogP contribution is 2.42. The zero-order chi connectivity index (χ0) is 13.9. The Kier molecular flexibility index (Phi) is 4.30. The molecule has 1 aromatic carbocycles. The molecule has 3 rings (SSSR count). The second kappa shape index (κ2) is 6.17. The number of para-hydroxylation sites is 1. The molecule has 2 fully saturated rings. The third-order valence-corrected chi connectivity index (χ3v) is 5.00. The number of methoxy groups -OCH3 is 1. The molecule has 1 N–H and O–H groups in total. The monoisotopic (exact) mass is 273 g/mol. The Labute approximate surface area is 122 Å². The van der Waals surface area contributed by atoms with Gasteiger partial charge in [0.15, 0.2) is 0 Å². The minimum atomic E-state index is 0.682. The van der Waals surface area contributed by atoms with E-state index >= 15 is 0 Å². The van der Waals surface area contributed by atoms with Gasteiger partial charge in [-0.15, -0.1) is 0 Å². The van der Waals surface area contributed by atoms with Crippen LogP contribution in [0.3, 0.4) is 0 Å². The van der Waals surface area contributed by atoms with Crippen LogP contribution in [0.5, 0.6) is 5.75 Å². The quantitative estimate of drug-likeness (QED) is 0.807. The van der Waals surface area contributed by atoms with E-state index in [1.54, 1.807) is 7.11 Å². The maximum absolute atomic E-state index is 5.48. The summed E-state index contributed by atoms with van der Waals surface area (Å²) in [6, 6.07) is 9.94. The molecule has 0 aromatic heterocycles. The molecule has 0 amide bonds. The van der Waals surface area contributed by atoms with Crippen LogP contribution in [0.15, 0.2) is 24.3 Å². The van der Waals surface area contributed by atoms with Gasteiger partial charge in [0.05, 0.1) is 7.11 Å². The first-order valence-corrected chi connectivity index (χ1v) is 8.19. The van der Waals surface area contributed by atoms with Gasteiger partial charge in [-0.2, -0.15) is 0 Å². The van der Waals surface area contributed by atoms with E-state index in [4.69, 9.17) is 4.74 Å². The molecule has 1 atom stereocenters. The van der Waals surface area contributed by atoms with E-state index < -0.39 is 0 Å². The van der Waals surface area contributed by atoms with Gasteiger partial charge in [0.2, 0.25) is 0 Å². The molecule has 2 aliphatic rings. The molecule has 1 aromatic rings. The van der Waals surface area contributed by atoms with Crippen molar-refractivity contribution in [3.05, 3.63) is 29.8 Å². The van der Waals surface area contributed by atoms with Crippen LogP contribution in [-0.4, -0.2) is 19.2 Å². The van der Waals surface area contributed by atoms with Crippen molar-refractivity contribution in [3.63, 3.8) is 0 Å². The molecular weight excluding hydrogens is 246 g/mol. The molecule has 20 heavy (non-hydrogen) atoms. The van der Waals surface area contributed by atoms with Crippen LogP contribution in [0.2, 0.25) is 0 Å². The van der Waals surface area contributed by atoms with Crippen LogP contribution in [0.25, 0.3) is 0 Å². The summed E-state index contributed by atoms with van der Waals surface area (Å²) >= 11 is 0. The minimum Gasteiger partial charge on any atom is -0.496 e. The van der Waals surface area contributed by atoms with Gasteiger partial charge >= 0.3 is 0 Å². The van der Waals surface area contributed by atoms with Crippen molar-refractivity contribution >= 4 is 0 Å². The molecule has 0 radical (unpaired) electrons. The summed E-state index contributed by atoms with van der Waals surface area (Å²) in [5.41, 5.74) is 1.39. The van der Waals surface area contributed by atoms with Crippen LogP contribution in [-0.2, 0) is 0 Å². The molecule has 0 bridgehead atoms. The number of benzene rings is 1. The van der Waals surface area contributed by atoms with E-state index in [0.29, 0.717) is 12.0 Å². The van der Waals surface area contributed by atoms with Crippen molar-refractivity contribution in [1.82, 2.24) is 5.32 Å². The Balaban J connectivity index is 1.50. The third-order valence-electron chi connectivity index (χ3n) is 5.00. The average molecular weight is 273 g/mol. The molecule has 2 nitrogen and oxygen atoms in total. The van der Waals surface area contributed by atoms with Crippen LogP contribution >= 0.6 is 0 Å². The standard InChI is InChI=1S/C18H27NO/c1-3-15(10-13-8-9-13)19-16-11-14(12-16)17-6-4-5-7-18(17)20-2/h4-7,13-16,19H,3,8-12H2,1-2H3. The van der Waals surface area contributed by atoms with E-state index in [1.165, 1.54) is 44.1 Å². The average Bonchev–Trinajstić information content (AvgIpc) is 3.25. The van der Waals surface area contributed by atoms with E-state index in [0.717, 1.165) is 17.7 Å². The van der Waals surface area contributed by atoms with E-state index in [-0.39, 0.29) is 0 Å². The maximum atomic E-state index is 5.48. The Morgan fingerprint density at radius 1 is 1.25 bits per heavy atom. The molecule has 0 aliphatic heterocycles. The SMILES string of the molecule is CCC(CC1CC1)NC1CC(c2ccccc2OC)C1. The number of hydrogen-bond donors (Lipinski definition) is 1. The second-order valence-electron chi connectivity index (χ2n) is 6.56. The van der Waals surface area contributed by atoms with Crippen molar-refractivity contribution in [3.8, 4) is 5.75 Å². The zero-order valence-electron chi connectivity index (χ0n) is 12.8. The summed E-state index contributed by atoms with van der Waals surface area (Å²) in [4.78, 5) is 0. The van der Waals surface area contributed by atoms with Crippen molar-refractivity contribution < 1.29 is 4.74 Å². The summed E-state index contributed by atoms with van der Waals surface area (Å²) < 4.78 is 5.48. The summed E-state index contributed by atoms with van der Waals surface area (Å²) in [6.45, 7) is 2.32. The van der Waals surface area contributed by atoms with E-state index in [2.05, 4.69) is 36.5 Å². The van der Waals surface area contributed by atoms with Gasteiger partial charge in [-0.1, -0.05) is 38.0 Å². The molecule has 2 aliphatic carbocycles. The first kappa shape index (κ1) is 13.9. The minimum absolute atomic E-state index is 0.682. The van der Waals surface area contributed by atoms with E-state index in [1.807, 2.05) is 0 Å². The number of nitrogens with one attached hydrogen (secondary N) is 1. The van der Waals surface area contributed by atoms with Crippen molar-refractivity contribution in [2.45, 2.75) is 63.5 Å². The van der Waals surface area contributed by atoms with E-state index in [9.17, 15) is 0 Å². The lowest BCUT2D eigenvalue weighted by Crippen LogP contribution is -2.45. The molecule has 0 heterocycles. The molecular formula is C18H27NO. The summed E-state index contributed by atoms with van der Waals surface area (Å²) in [7, 11) is 1.77. The Morgan fingerprint density at radius 2 is 2.00 bits per heavy atom. The van der Waals surface area contributed by atoms with Crippen molar-refractivity contribution in [2.75, 3.05) is 7.11 Å². The number of rotatable bonds is 7. The molecule has 2 heteroatoms. The first-order valence-electron chi connectivity index (χ1n) is 8.19. The fourth-order valence-electron chi connectivity index (χ4n) is 3.45. The highest BCUT2D eigenvalue weighted by molar-refractivity contribution is 5.37. The fraction of sp³-hybridized carbons (Fsp3) is 0.667. The summed E-state index contributed by atoms with van der Waals surface area (Å²) in [5.74, 6) is 2.76. The Hall–Kier alpha value is -1.02. The lowest BCUT2D eigenvalue weighted by atomic mass is 9.75. The largest absolute Gasteiger partial charge is 0.496 e. The van der Waals surface area contributed by atoms with Gasteiger partial charge in [-0.05, 0) is 49.1 Å². The normalized spacial score (nSPS) is 26.9. The topological polar surface area (TPSA) is 21.3 Å². The molecule has 110 valence electrons. The molecule has 0 spiro atoms. The van der Waals surface area contributed by atoms with Crippen molar-refractivity contribution in [1.29, 1.82) is 0 Å². The van der Waals surface area contributed by atoms with Crippen LogP contribution in [0, 0.1) is 5.92 Å². The van der Waals surface area contributed by atoms with Gasteiger partial charge in [-0.25, -0.2) is 0 Å². The van der Waals surface area contributed by atoms with Gasteiger partial charge in [0.25, 0.3) is 0 Å². The molecule has 0 saturated heterocycles. The third kappa shape index (κ3) is 3.17. The summed E-state index contributed by atoms with van der Waals surface area (Å²) in [5, 5.41) is 3.87. The van der Waals surface area contributed by atoms with Crippen LogP contribution in [0.1, 0.15) is 56.9 Å². The predicted octanol–water partition coefficient (Wildman–Crippen LogP) is 4.11. The lowest BCUT2D eigenvalue weighted by molar-refractivity contribution is 0.248. The van der Waals surface area contributed by atoms with Crippen molar-refractivity contribution in [2.24, 2.45) is 5.92 Å². The smallest absolute Gasteiger partial charge is 0.122 e. The second-order valence-corrected chi connectivity index (χ2v) is 6.56. The van der Waals surface area contributed by atoms with Gasteiger partial charge in [-0.3, -0.25) is 0 Å². The van der Waals surface area contributed by atoms with Gasteiger partial charge in [0, 0.05) is 12.1 Å². The highest BCUT2D eigenvalue weighted by atomic mass is 16.5. The molecule has 2 saturated carbocycles. The highest BCUT2D eigenvalue weighted by Gasteiger charge is 2.34.